The average Bonchev–Trinajstić information content (AvgIpc) is 2.23. The number of carbonyl (C=O) groups is 2. The van der Waals surface area contributed by atoms with E-state index in [1.807, 2.05) is 0 Å². The summed E-state index contributed by atoms with van der Waals surface area (Å²) in [7, 11) is 1.60. The molecule has 0 spiro atoms. The van der Waals surface area contributed by atoms with Gasteiger partial charge in [-0.15, -0.1) is 0 Å². The van der Waals surface area contributed by atoms with Crippen LogP contribution in [0.4, 0.5) is 0 Å². The molecule has 0 fully saturated rings. The molecule has 0 saturated heterocycles. The molecule has 1 N–H and O–H groups in total. The molecule has 1 aromatic rings. The largest absolute Gasteiger partial charge is 0.385 e. The van der Waals surface area contributed by atoms with Crippen LogP contribution < -0.4 is 5.32 Å². The molecule has 0 unspecified atom stereocenters. The van der Waals surface area contributed by atoms with Gasteiger partial charge in [0, 0.05) is 19.3 Å². The number of hydrogen-bond acceptors (Lipinski definition) is 4. The summed E-state index contributed by atoms with van der Waals surface area (Å²) in [4.78, 5) is 27.0. The second-order valence-electron chi connectivity index (χ2n) is 2.90. The van der Waals surface area contributed by atoms with E-state index in [9.17, 15) is 9.59 Å². The Hall–Kier alpha value is -1.97. The molecule has 0 saturated carbocycles. The Kier molecular flexibility index (Phi) is 1.89. The molecule has 0 atom stereocenters. The lowest BCUT2D eigenvalue weighted by Gasteiger charge is -2.12. The highest BCUT2D eigenvalue weighted by Gasteiger charge is 2.25. The van der Waals surface area contributed by atoms with Gasteiger partial charge in [-0.1, -0.05) is 0 Å². The topological polar surface area (TPSA) is 59.1 Å². The van der Waals surface area contributed by atoms with Gasteiger partial charge in [0.25, 0.3) is 0 Å². The highest BCUT2D eigenvalue weighted by molar-refractivity contribution is 6.23. The van der Waals surface area contributed by atoms with Crippen LogP contribution in [-0.2, 0) is 0 Å². The number of likely N-dealkylation sites (N-methyl/N-ethyl adjacent to an activating group) is 1. The Bertz CT molecular complexity index is 449. The predicted molar refractivity (Wildman–Crippen MR) is 50.0 cm³/mol. The van der Waals surface area contributed by atoms with Gasteiger partial charge in [0.15, 0.2) is 5.78 Å². The van der Waals surface area contributed by atoms with Crippen LogP contribution >= 0.6 is 0 Å². The fourth-order valence-corrected chi connectivity index (χ4v) is 1.37. The molecule has 4 nitrogen and oxygen atoms in total. The minimum atomic E-state index is -0.234. The van der Waals surface area contributed by atoms with Gasteiger partial charge < -0.3 is 5.32 Å². The van der Waals surface area contributed by atoms with E-state index in [2.05, 4.69) is 10.3 Å². The highest BCUT2D eigenvalue weighted by atomic mass is 16.1. The van der Waals surface area contributed by atoms with Gasteiger partial charge in [0.05, 0.1) is 11.3 Å². The maximum Gasteiger partial charge on any atom is 0.228 e. The summed E-state index contributed by atoms with van der Waals surface area (Å²) in [6.07, 6.45) is 2.80. The van der Waals surface area contributed by atoms with Crippen LogP contribution in [0, 0.1) is 0 Å². The van der Waals surface area contributed by atoms with Gasteiger partial charge in [-0.3, -0.25) is 14.6 Å². The second kappa shape index (κ2) is 3.06. The summed E-state index contributed by atoms with van der Waals surface area (Å²) in [6.45, 7) is 0. The zero-order valence-electron chi connectivity index (χ0n) is 7.57. The van der Waals surface area contributed by atoms with E-state index in [4.69, 9.17) is 0 Å². The molecule has 0 amide bonds. The maximum atomic E-state index is 11.6. The Balaban J connectivity index is 2.61. The number of nitrogens with one attached hydrogen (secondary N) is 1. The first-order valence-corrected chi connectivity index (χ1v) is 4.17. The molecule has 0 aliphatic heterocycles. The predicted octanol–water partition coefficient (Wildman–Crippen LogP) is 0.564. The van der Waals surface area contributed by atoms with Crippen LogP contribution in [0.5, 0.6) is 0 Å². The standard InChI is InChI=1S/C10H8N2O2/c1-11-7-5-8(13)6-3-2-4-12-9(6)10(7)14/h2-5,11H,1H3. The average molecular weight is 188 g/mol. The van der Waals surface area contributed by atoms with Crippen molar-refractivity contribution in [3.8, 4) is 0 Å². The number of ketones is 2. The smallest absolute Gasteiger partial charge is 0.228 e. The number of carbonyl (C=O) groups excluding carboxylic acids is 2. The van der Waals surface area contributed by atoms with Crippen molar-refractivity contribution >= 4 is 11.6 Å². The number of Topliss-reactive ketones (excluding diaryl/α,β-unsaturated/α-hetero) is 1. The highest BCUT2D eigenvalue weighted by Crippen LogP contribution is 2.16. The third-order valence-corrected chi connectivity index (χ3v) is 2.08. The number of aromatic nitrogens is 1. The Morgan fingerprint density at radius 2 is 2.14 bits per heavy atom. The van der Waals surface area contributed by atoms with E-state index >= 15 is 0 Å². The number of fused-ring (bicyclic) bond motifs is 1. The van der Waals surface area contributed by atoms with E-state index in [1.165, 1.54) is 12.3 Å². The Morgan fingerprint density at radius 3 is 2.86 bits per heavy atom. The number of pyridine rings is 1. The Morgan fingerprint density at radius 1 is 1.36 bits per heavy atom. The first kappa shape index (κ1) is 8.62. The van der Waals surface area contributed by atoms with Crippen molar-refractivity contribution in [2.24, 2.45) is 0 Å². The molecule has 70 valence electrons. The number of hydrogen-bond donors (Lipinski definition) is 1. The minimum Gasteiger partial charge on any atom is -0.385 e. The van der Waals surface area contributed by atoms with Crippen molar-refractivity contribution in [3.05, 3.63) is 41.4 Å². The number of nitrogens with zero attached hydrogens (tertiary/aromatic N) is 1. The summed E-state index contributed by atoms with van der Waals surface area (Å²) in [5.74, 6) is -0.417. The fraction of sp³-hybridized carbons (Fsp3) is 0.100. The van der Waals surface area contributed by atoms with Crippen LogP contribution in [0.25, 0.3) is 0 Å². The molecule has 1 aliphatic carbocycles. The monoisotopic (exact) mass is 188 g/mol. The molecule has 0 radical (unpaired) electrons. The number of allylic oxidation sites excluding steroid dienone is 2. The summed E-state index contributed by atoms with van der Waals surface area (Å²) >= 11 is 0. The first-order chi connectivity index (χ1) is 6.74. The van der Waals surface area contributed by atoms with E-state index in [1.54, 1.807) is 19.2 Å². The maximum absolute atomic E-state index is 11.6. The van der Waals surface area contributed by atoms with Gasteiger partial charge in [-0.2, -0.15) is 0 Å². The molecule has 1 heterocycles. The molecule has 2 rings (SSSR count). The molecular formula is C10H8N2O2. The summed E-state index contributed by atoms with van der Waals surface area (Å²) in [5.41, 5.74) is 0.891. The SMILES string of the molecule is CNC1=CC(=O)c2cccnc2C1=O. The lowest BCUT2D eigenvalue weighted by atomic mass is 9.98. The zero-order chi connectivity index (χ0) is 10.1. The van der Waals surface area contributed by atoms with Crippen molar-refractivity contribution in [2.45, 2.75) is 0 Å². The van der Waals surface area contributed by atoms with Crippen molar-refractivity contribution in [1.29, 1.82) is 0 Å². The van der Waals surface area contributed by atoms with Crippen LogP contribution in [-0.4, -0.2) is 23.6 Å². The van der Waals surface area contributed by atoms with Crippen molar-refractivity contribution < 1.29 is 9.59 Å². The number of rotatable bonds is 1. The summed E-state index contributed by atoms with van der Waals surface area (Å²) in [5, 5.41) is 2.68. The lowest BCUT2D eigenvalue weighted by Crippen LogP contribution is -2.25. The Labute approximate surface area is 80.7 Å². The third kappa shape index (κ3) is 1.12. The molecule has 0 bridgehead atoms. The summed E-state index contributed by atoms with van der Waals surface area (Å²) < 4.78 is 0. The van der Waals surface area contributed by atoms with Gasteiger partial charge in [0.1, 0.15) is 5.69 Å². The minimum absolute atomic E-state index is 0.183. The quantitative estimate of drug-likeness (QED) is 0.699. The second-order valence-corrected chi connectivity index (χ2v) is 2.90. The molecule has 1 aromatic heterocycles. The third-order valence-electron chi connectivity index (χ3n) is 2.08. The molecule has 14 heavy (non-hydrogen) atoms. The van der Waals surface area contributed by atoms with Gasteiger partial charge in [-0.05, 0) is 12.1 Å². The van der Waals surface area contributed by atoms with Crippen molar-refractivity contribution in [2.75, 3.05) is 7.05 Å². The van der Waals surface area contributed by atoms with E-state index in [0.717, 1.165) is 0 Å². The van der Waals surface area contributed by atoms with Crippen LogP contribution in [0.1, 0.15) is 20.8 Å². The first-order valence-electron chi connectivity index (χ1n) is 4.17. The van der Waals surface area contributed by atoms with E-state index in [-0.39, 0.29) is 17.3 Å². The van der Waals surface area contributed by atoms with Gasteiger partial charge >= 0.3 is 0 Å². The summed E-state index contributed by atoms with van der Waals surface area (Å²) in [6, 6.07) is 3.24. The van der Waals surface area contributed by atoms with E-state index in [0.29, 0.717) is 11.3 Å². The van der Waals surface area contributed by atoms with Crippen molar-refractivity contribution in [3.63, 3.8) is 0 Å². The van der Waals surface area contributed by atoms with Crippen LogP contribution in [0.15, 0.2) is 30.1 Å². The van der Waals surface area contributed by atoms with Crippen LogP contribution in [0.2, 0.25) is 0 Å². The molecule has 1 aliphatic rings. The van der Waals surface area contributed by atoms with E-state index < -0.39 is 0 Å². The van der Waals surface area contributed by atoms with Gasteiger partial charge in [0.2, 0.25) is 5.78 Å². The van der Waals surface area contributed by atoms with Gasteiger partial charge in [-0.25, -0.2) is 0 Å². The van der Waals surface area contributed by atoms with Crippen LogP contribution in [0.3, 0.4) is 0 Å². The lowest BCUT2D eigenvalue weighted by molar-refractivity contribution is 0.0975. The van der Waals surface area contributed by atoms with Crippen molar-refractivity contribution in [1.82, 2.24) is 10.3 Å². The fourth-order valence-electron chi connectivity index (χ4n) is 1.37. The molecule has 0 aromatic carbocycles. The normalized spacial score (nSPS) is 14.8. The zero-order valence-corrected chi connectivity index (χ0v) is 7.57. The molecule has 4 heteroatoms. The molecular weight excluding hydrogens is 180 g/mol.